The molecule has 0 fully saturated rings. The van der Waals surface area contributed by atoms with E-state index < -0.39 is 6.04 Å². The largest absolute Gasteiger partial charge is 0.346 e. The average Bonchev–Trinajstić information content (AvgIpc) is 2.25. The fourth-order valence-corrected chi connectivity index (χ4v) is 1.65. The van der Waals surface area contributed by atoms with Crippen LogP contribution in [0.25, 0.3) is 0 Å². The van der Waals surface area contributed by atoms with E-state index in [2.05, 4.69) is 5.32 Å². The molecule has 0 unspecified atom stereocenters. The molecule has 15 heavy (non-hydrogen) atoms. The molecule has 0 aliphatic carbocycles. The summed E-state index contributed by atoms with van der Waals surface area (Å²) in [6, 6.07) is 9.08. The van der Waals surface area contributed by atoms with Gasteiger partial charge in [-0.1, -0.05) is 30.3 Å². The first-order chi connectivity index (χ1) is 7.25. The molecule has 0 spiro atoms. The predicted octanol–water partition coefficient (Wildman–Crippen LogP) is 1.97. The Labute approximate surface area is 87.8 Å². The lowest BCUT2D eigenvalue weighted by Crippen LogP contribution is -2.39. The molecule has 1 aromatic rings. The quantitative estimate of drug-likeness (QED) is 0.785. The summed E-state index contributed by atoms with van der Waals surface area (Å²) in [6.45, 7) is 0. The maximum Gasteiger partial charge on any atom is 0.224 e. The minimum Gasteiger partial charge on any atom is -0.346 e. The molecule has 0 saturated heterocycles. The lowest BCUT2D eigenvalue weighted by atomic mass is 10.0. The number of nitrogens with one attached hydrogen (secondary N) is 1. The summed E-state index contributed by atoms with van der Waals surface area (Å²) in [6.07, 6.45) is 2.01. The highest BCUT2D eigenvalue weighted by atomic mass is 19.1. The zero-order valence-electron chi connectivity index (χ0n) is 8.24. The normalized spacial score (nSPS) is 20.7. The number of rotatable bonds is 2. The molecule has 1 amide bonds. The van der Waals surface area contributed by atoms with Gasteiger partial charge in [0.25, 0.3) is 0 Å². The standard InChI is InChI=1S/C12H12FNO/c13-10-6-7-12(15)14-11(10)8-9-4-2-1-3-5-9/h1-6,11H,7-8H2,(H,14,15)/t11-/m1/s1. The van der Waals surface area contributed by atoms with Gasteiger partial charge < -0.3 is 5.32 Å². The fourth-order valence-electron chi connectivity index (χ4n) is 1.65. The molecule has 1 aliphatic rings. The molecule has 0 aromatic heterocycles. The molecule has 2 rings (SSSR count). The molecule has 0 radical (unpaired) electrons. The van der Waals surface area contributed by atoms with Gasteiger partial charge in [0.2, 0.25) is 5.91 Å². The van der Waals surface area contributed by atoms with Crippen molar-refractivity contribution in [2.45, 2.75) is 18.9 Å². The Morgan fingerprint density at radius 2 is 2.07 bits per heavy atom. The SMILES string of the molecule is O=C1CC=C(F)[C@@H](Cc2ccccc2)N1. The van der Waals surface area contributed by atoms with Crippen LogP contribution in [0.1, 0.15) is 12.0 Å². The predicted molar refractivity (Wildman–Crippen MR) is 55.9 cm³/mol. The second-order valence-corrected chi connectivity index (χ2v) is 3.60. The number of halogens is 1. The highest BCUT2D eigenvalue weighted by Crippen LogP contribution is 2.15. The van der Waals surface area contributed by atoms with Crippen molar-refractivity contribution in [1.82, 2.24) is 5.32 Å². The van der Waals surface area contributed by atoms with Gasteiger partial charge in [0.15, 0.2) is 0 Å². The second-order valence-electron chi connectivity index (χ2n) is 3.60. The average molecular weight is 205 g/mol. The highest BCUT2D eigenvalue weighted by Gasteiger charge is 2.21. The minimum atomic E-state index is -0.492. The van der Waals surface area contributed by atoms with Crippen molar-refractivity contribution < 1.29 is 9.18 Å². The summed E-state index contributed by atoms with van der Waals surface area (Å²) >= 11 is 0. The van der Waals surface area contributed by atoms with Crippen LogP contribution in [0.15, 0.2) is 42.2 Å². The van der Waals surface area contributed by atoms with Crippen molar-refractivity contribution >= 4 is 5.91 Å². The number of benzene rings is 1. The Morgan fingerprint density at radius 1 is 1.33 bits per heavy atom. The van der Waals surface area contributed by atoms with Gasteiger partial charge in [0.05, 0.1) is 6.04 Å². The first-order valence-electron chi connectivity index (χ1n) is 4.94. The van der Waals surface area contributed by atoms with Crippen LogP contribution in [0, 0.1) is 0 Å². The van der Waals surface area contributed by atoms with E-state index in [1.165, 1.54) is 6.08 Å². The van der Waals surface area contributed by atoms with Gasteiger partial charge in [-0.2, -0.15) is 0 Å². The molecule has 2 nitrogen and oxygen atoms in total. The zero-order valence-corrected chi connectivity index (χ0v) is 8.24. The van der Waals surface area contributed by atoms with Gasteiger partial charge in [-0.15, -0.1) is 0 Å². The number of carbonyl (C=O) groups is 1. The van der Waals surface area contributed by atoms with Crippen molar-refractivity contribution in [1.29, 1.82) is 0 Å². The maximum absolute atomic E-state index is 13.4. The number of hydrogen-bond acceptors (Lipinski definition) is 1. The first kappa shape index (κ1) is 9.90. The van der Waals surface area contributed by atoms with Crippen molar-refractivity contribution in [3.05, 3.63) is 47.8 Å². The topological polar surface area (TPSA) is 29.1 Å². The van der Waals surface area contributed by atoms with Crippen LogP contribution in [0.2, 0.25) is 0 Å². The van der Waals surface area contributed by atoms with Crippen molar-refractivity contribution in [3.63, 3.8) is 0 Å². The Kier molecular flexibility index (Phi) is 2.81. The Morgan fingerprint density at radius 3 is 2.80 bits per heavy atom. The fraction of sp³-hybridized carbons (Fsp3) is 0.250. The molecular formula is C12H12FNO. The molecule has 0 saturated carbocycles. The molecule has 78 valence electrons. The molecule has 1 aliphatic heterocycles. The number of carbonyl (C=O) groups excluding carboxylic acids is 1. The van der Waals surface area contributed by atoms with E-state index in [4.69, 9.17) is 0 Å². The molecule has 0 bridgehead atoms. The van der Waals surface area contributed by atoms with Gasteiger partial charge in [-0.25, -0.2) is 4.39 Å². The highest BCUT2D eigenvalue weighted by molar-refractivity contribution is 5.79. The van der Waals surface area contributed by atoms with Gasteiger partial charge in [0, 0.05) is 6.42 Å². The van der Waals surface area contributed by atoms with Crippen molar-refractivity contribution in [2.75, 3.05) is 0 Å². The third-order valence-corrected chi connectivity index (χ3v) is 2.43. The monoisotopic (exact) mass is 205 g/mol. The molecule has 1 heterocycles. The third-order valence-electron chi connectivity index (χ3n) is 2.43. The van der Waals surface area contributed by atoms with Crippen LogP contribution >= 0.6 is 0 Å². The summed E-state index contributed by atoms with van der Waals surface area (Å²) in [4.78, 5) is 11.1. The Balaban J connectivity index is 2.09. The van der Waals surface area contributed by atoms with Crippen LogP contribution in [0.3, 0.4) is 0 Å². The van der Waals surface area contributed by atoms with Crippen molar-refractivity contribution in [2.24, 2.45) is 0 Å². The Hall–Kier alpha value is -1.64. The van der Waals surface area contributed by atoms with Crippen molar-refractivity contribution in [3.8, 4) is 0 Å². The van der Waals surface area contributed by atoms with Gasteiger partial charge in [-0.05, 0) is 18.1 Å². The lowest BCUT2D eigenvalue weighted by Gasteiger charge is -2.20. The molecule has 1 N–H and O–H groups in total. The van der Waals surface area contributed by atoms with E-state index in [9.17, 15) is 9.18 Å². The summed E-state index contributed by atoms with van der Waals surface area (Å²) < 4.78 is 13.4. The van der Waals surface area contributed by atoms with Crippen LogP contribution < -0.4 is 5.32 Å². The summed E-state index contributed by atoms with van der Waals surface area (Å²) in [5.41, 5.74) is 1.02. The van der Waals surface area contributed by atoms with Gasteiger partial charge in [-0.3, -0.25) is 4.79 Å². The summed E-state index contributed by atoms with van der Waals surface area (Å²) in [5.74, 6) is -0.351. The first-order valence-corrected chi connectivity index (χ1v) is 4.94. The third kappa shape index (κ3) is 2.43. The maximum atomic E-state index is 13.4. The summed E-state index contributed by atoms with van der Waals surface area (Å²) in [7, 11) is 0. The van der Waals surface area contributed by atoms with Gasteiger partial charge >= 0.3 is 0 Å². The van der Waals surface area contributed by atoms with Crippen LogP contribution in [-0.4, -0.2) is 11.9 Å². The number of amides is 1. The zero-order chi connectivity index (χ0) is 10.7. The smallest absolute Gasteiger partial charge is 0.224 e. The van der Waals surface area contributed by atoms with Crippen LogP contribution in [0.5, 0.6) is 0 Å². The molecule has 1 aromatic carbocycles. The Bertz CT molecular complexity index is 386. The van der Waals surface area contributed by atoms with E-state index in [1.807, 2.05) is 30.3 Å². The van der Waals surface area contributed by atoms with E-state index in [1.54, 1.807) is 0 Å². The van der Waals surface area contributed by atoms with Crippen LogP contribution in [-0.2, 0) is 11.2 Å². The van der Waals surface area contributed by atoms with E-state index in [0.29, 0.717) is 6.42 Å². The van der Waals surface area contributed by atoms with E-state index in [-0.39, 0.29) is 18.2 Å². The van der Waals surface area contributed by atoms with Gasteiger partial charge in [0.1, 0.15) is 5.83 Å². The molecular weight excluding hydrogens is 193 g/mol. The second kappa shape index (κ2) is 4.26. The minimum absolute atomic E-state index is 0.114. The molecule has 1 atom stereocenters. The van der Waals surface area contributed by atoms with E-state index >= 15 is 0 Å². The van der Waals surface area contributed by atoms with E-state index in [0.717, 1.165) is 5.56 Å². The molecule has 3 heteroatoms. The number of hydrogen-bond donors (Lipinski definition) is 1. The summed E-state index contributed by atoms with van der Waals surface area (Å²) in [5, 5.41) is 2.63. The van der Waals surface area contributed by atoms with Crippen LogP contribution in [0.4, 0.5) is 4.39 Å². The lowest BCUT2D eigenvalue weighted by molar-refractivity contribution is -0.121.